The average molecular weight is 258 g/mol. The third-order valence-electron chi connectivity index (χ3n) is 2.98. The summed E-state index contributed by atoms with van der Waals surface area (Å²) in [5, 5.41) is 11.6. The molecule has 1 heterocycles. The monoisotopic (exact) mass is 258 g/mol. The molecule has 0 saturated carbocycles. The predicted octanol–water partition coefficient (Wildman–Crippen LogP) is 0.352. The Hall–Kier alpha value is -1.30. The second-order valence-electron chi connectivity index (χ2n) is 4.58. The van der Waals surface area contributed by atoms with E-state index in [1.54, 1.807) is 18.7 Å². The Bertz CT molecular complexity index is 296. The Balaban J connectivity index is 2.47. The average Bonchev–Trinajstić information content (AvgIpc) is 2.39. The van der Waals surface area contributed by atoms with Crippen molar-refractivity contribution in [3.63, 3.8) is 0 Å². The number of carbonyl (C=O) groups excluding carboxylic acids is 2. The number of hydrogen-bond acceptors (Lipinski definition) is 4. The van der Waals surface area contributed by atoms with Crippen molar-refractivity contribution in [1.29, 1.82) is 0 Å². The highest BCUT2D eigenvalue weighted by atomic mass is 16.6. The smallest absolute Gasteiger partial charge is 0.409 e. The molecule has 1 fully saturated rings. The minimum Gasteiger partial charge on any atom is -0.450 e. The van der Waals surface area contributed by atoms with Crippen molar-refractivity contribution in [2.75, 3.05) is 26.3 Å². The number of aliphatic hydroxyl groups is 1. The lowest BCUT2D eigenvalue weighted by molar-refractivity contribution is -0.127. The molecule has 1 saturated heterocycles. The first-order chi connectivity index (χ1) is 8.58. The Morgan fingerprint density at radius 1 is 1.56 bits per heavy atom. The fourth-order valence-electron chi connectivity index (χ4n) is 1.98. The lowest BCUT2D eigenvalue weighted by Crippen LogP contribution is -2.47. The molecule has 1 aliphatic heterocycles. The van der Waals surface area contributed by atoms with Gasteiger partial charge in [0, 0.05) is 19.1 Å². The van der Waals surface area contributed by atoms with Gasteiger partial charge in [0.05, 0.1) is 19.1 Å². The molecular formula is C12H22N2O4. The van der Waals surface area contributed by atoms with Gasteiger partial charge < -0.3 is 20.1 Å². The molecule has 0 bridgehead atoms. The fourth-order valence-corrected chi connectivity index (χ4v) is 1.98. The lowest BCUT2D eigenvalue weighted by atomic mass is 9.97. The molecule has 2 atom stereocenters. The van der Waals surface area contributed by atoms with Gasteiger partial charge in [-0.3, -0.25) is 4.79 Å². The summed E-state index contributed by atoms with van der Waals surface area (Å²) < 4.78 is 4.93. The van der Waals surface area contributed by atoms with E-state index >= 15 is 0 Å². The van der Waals surface area contributed by atoms with Crippen molar-refractivity contribution in [2.45, 2.75) is 32.7 Å². The highest BCUT2D eigenvalue weighted by Crippen LogP contribution is 2.17. The number of amides is 2. The lowest BCUT2D eigenvalue weighted by Gasteiger charge is -2.31. The van der Waals surface area contributed by atoms with Crippen LogP contribution >= 0.6 is 0 Å². The summed E-state index contributed by atoms with van der Waals surface area (Å²) >= 11 is 0. The van der Waals surface area contributed by atoms with Crippen LogP contribution in [0.5, 0.6) is 0 Å². The van der Waals surface area contributed by atoms with Crippen molar-refractivity contribution >= 4 is 12.0 Å². The third kappa shape index (κ3) is 4.18. The number of likely N-dealkylation sites (tertiary alicyclic amines) is 1. The molecule has 1 aliphatic rings. The Labute approximate surface area is 107 Å². The van der Waals surface area contributed by atoms with E-state index in [0.717, 1.165) is 12.8 Å². The molecule has 18 heavy (non-hydrogen) atoms. The van der Waals surface area contributed by atoms with Gasteiger partial charge in [0.15, 0.2) is 0 Å². The van der Waals surface area contributed by atoms with E-state index in [0.29, 0.717) is 19.7 Å². The number of nitrogens with one attached hydrogen (secondary N) is 1. The predicted molar refractivity (Wildman–Crippen MR) is 66.0 cm³/mol. The Morgan fingerprint density at radius 2 is 2.28 bits per heavy atom. The van der Waals surface area contributed by atoms with Crippen LogP contribution in [0.1, 0.15) is 26.7 Å². The van der Waals surface area contributed by atoms with Crippen LogP contribution in [0.3, 0.4) is 0 Å². The van der Waals surface area contributed by atoms with E-state index in [1.807, 2.05) is 0 Å². The van der Waals surface area contributed by atoms with Crippen LogP contribution in [-0.2, 0) is 9.53 Å². The van der Waals surface area contributed by atoms with Crippen molar-refractivity contribution < 1.29 is 19.4 Å². The molecule has 2 amide bonds. The maximum absolute atomic E-state index is 11.9. The van der Waals surface area contributed by atoms with E-state index in [2.05, 4.69) is 5.32 Å². The quantitative estimate of drug-likeness (QED) is 0.762. The van der Waals surface area contributed by atoms with Crippen molar-refractivity contribution in [3.8, 4) is 0 Å². The zero-order chi connectivity index (χ0) is 13.5. The standard InChI is InChI=1S/C12H22N2O4/c1-3-18-12(17)14-6-4-5-10(7-14)11(16)13-9(2)8-15/h9-10,15H,3-8H2,1-2H3,(H,13,16). The van der Waals surface area contributed by atoms with E-state index in [1.165, 1.54) is 0 Å². The van der Waals surface area contributed by atoms with E-state index in [4.69, 9.17) is 9.84 Å². The molecule has 0 radical (unpaired) electrons. The number of aliphatic hydroxyl groups excluding tert-OH is 1. The second kappa shape index (κ2) is 7.20. The minimum atomic E-state index is -0.356. The van der Waals surface area contributed by atoms with E-state index in [-0.39, 0.29) is 30.6 Å². The zero-order valence-corrected chi connectivity index (χ0v) is 11.0. The Kier molecular flexibility index (Phi) is 5.91. The van der Waals surface area contributed by atoms with Crippen LogP contribution in [0.25, 0.3) is 0 Å². The molecule has 2 unspecified atom stereocenters. The fraction of sp³-hybridized carbons (Fsp3) is 0.833. The first-order valence-corrected chi connectivity index (χ1v) is 6.41. The SMILES string of the molecule is CCOC(=O)N1CCCC(C(=O)NC(C)CO)C1. The summed E-state index contributed by atoms with van der Waals surface area (Å²) in [6.07, 6.45) is 1.20. The van der Waals surface area contributed by atoms with Gasteiger partial charge in [-0.1, -0.05) is 0 Å². The summed E-state index contributed by atoms with van der Waals surface area (Å²) in [4.78, 5) is 25.0. The van der Waals surface area contributed by atoms with Gasteiger partial charge in [-0.05, 0) is 26.7 Å². The molecule has 0 aromatic heterocycles. The minimum absolute atomic E-state index is 0.0833. The molecule has 2 N–H and O–H groups in total. The van der Waals surface area contributed by atoms with Gasteiger partial charge in [0.2, 0.25) is 5.91 Å². The molecule has 0 spiro atoms. The van der Waals surface area contributed by atoms with Crippen LogP contribution in [-0.4, -0.2) is 54.4 Å². The van der Waals surface area contributed by atoms with Gasteiger partial charge in [0.25, 0.3) is 0 Å². The molecule has 0 aliphatic carbocycles. The zero-order valence-electron chi connectivity index (χ0n) is 11.0. The van der Waals surface area contributed by atoms with Gasteiger partial charge >= 0.3 is 6.09 Å². The van der Waals surface area contributed by atoms with Crippen molar-refractivity contribution in [1.82, 2.24) is 10.2 Å². The van der Waals surface area contributed by atoms with Crippen molar-refractivity contribution in [3.05, 3.63) is 0 Å². The topological polar surface area (TPSA) is 78.9 Å². The first kappa shape index (κ1) is 14.8. The number of nitrogens with zero attached hydrogens (tertiary/aromatic N) is 1. The number of hydrogen-bond donors (Lipinski definition) is 2. The van der Waals surface area contributed by atoms with Crippen LogP contribution < -0.4 is 5.32 Å². The van der Waals surface area contributed by atoms with Crippen molar-refractivity contribution in [2.24, 2.45) is 5.92 Å². The molecule has 6 heteroatoms. The highest BCUT2D eigenvalue weighted by molar-refractivity contribution is 5.80. The molecular weight excluding hydrogens is 236 g/mol. The van der Waals surface area contributed by atoms with Gasteiger partial charge in [-0.25, -0.2) is 4.79 Å². The number of piperidine rings is 1. The van der Waals surface area contributed by atoms with Gasteiger partial charge in [0.1, 0.15) is 0 Å². The van der Waals surface area contributed by atoms with E-state index < -0.39 is 0 Å². The number of ether oxygens (including phenoxy) is 1. The molecule has 6 nitrogen and oxygen atoms in total. The van der Waals surface area contributed by atoms with Crippen LogP contribution in [0, 0.1) is 5.92 Å². The Morgan fingerprint density at radius 3 is 2.89 bits per heavy atom. The number of carbonyl (C=O) groups is 2. The normalized spacial score (nSPS) is 21.3. The maximum Gasteiger partial charge on any atom is 0.409 e. The highest BCUT2D eigenvalue weighted by Gasteiger charge is 2.29. The van der Waals surface area contributed by atoms with Crippen LogP contribution in [0.15, 0.2) is 0 Å². The maximum atomic E-state index is 11.9. The molecule has 104 valence electrons. The third-order valence-corrected chi connectivity index (χ3v) is 2.98. The van der Waals surface area contributed by atoms with Gasteiger partial charge in [-0.15, -0.1) is 0 Å². The van der Waals surface area contributed by atoms with Crippen LogP contribution in [0.4, 0.5) is 4.79 Å². The summed E-state index contributed by atoms with van der Waals surface area (Å²) in [5.41, 5.74) is 0. The molecule has 0 aromatic carbocycles. The molecule has 0 aromatic rings. The van der Waals surface area contributed by atoms with Gasteiger partial charge in [-0.2, -0.15) is 0 Å². The summed E-state index contributed by atoms with van der Waals surface area (Å²) in [6.45, 7) is 4.79. The van der Waals surface area contributed by atoms with Crippen LogP contribution in [0.2, 0.25) is 0 Å². The summed E-state index contributed by atoms with van der Waals surface area (Å²) in [5.74, 6) is -0.317. The van der Waals surface area contributed by atoms with E-state index in [9.17, 15) is 9.59 Å². The second-order valence-corrected chi connectivity index (χ2v) is 4.58. The largest absolute Gasteiger partial charge is 0.450 e. The summed E-state index contributed by atoms with van der Waals surface area (Å²) in [6, 6.07) is -0.254. The summed E-state index contributed by atoms with van der Waals surface area (Å²) in [7, 11) is 0. The number of rotatable bonds is 4. The molecule has 1 rings (SSSR count). The first-order valence-electron chi connectivity index (χ1n) is 6.41.